The van der Waals surface area contributed by atoms with Crippen LogP contribution in [-0.2, 0) is 37.9 Å². The fraction of sp³-hybridized carbons (Fsp3) is 0.469. The fourth-order valence-electron chi connectivity index (χ4n) is 5.95. The van der Waals surface area contributed by atoms with Crippen molar-refractivity contribution in [3.05, 3.63) is 83.9 Å². The summed E-state index contributed by atoms with van der Waals surface area (Å²) in [5.74, 6) is 0.621. The molecule has 1 saturated heterocycles. The molecule has 1 fully saturated rings. The van der Waals surface area contributed by atoms with E-state index in [-0.39, 0.29) is 18.2 Å². The van der Waals surface area contributed by atoms with Crippen LogP contribution in [0.15, 0.2) is 67.1 Å². The highest BCUT2D eigenvalue weighted by Gasteiger charge is 2.42. The number of H-pyrrole nitrogens is 1. The van der Waals surface area contributed by atoms with Crippen molar-refractivity contribution >= 4 is 21.7 Å². The third kappa shape index (κ3) is 8.98. The van der Waals surface area contributed by atoms with Crippen LogP contribution in [-0.4, -0.2) is 80.1 Å². The zero-order valence-electron chi connectivity index (χ0n) is 25.2. The van der Waals surface area contributed by atoms with Gasteiger partial charge in [0.1, 0.15) is 17.6 Å². The lowest BCUT2D eigenvalue weighted by Crippen LogP contribution is -2.55. The molecule has 0 radical (unpaired) electrons. The van der Waals surface area contributed by atoms with Gasteiger partial charge in [0.25, 0.3) is 0 Å². The number of ether oxygens (including phenoxy) is 1. The Bertz CT molecular complexity index is 1420. The Morgan fingerprint density at radius 2 is 1.77 bits per heavy atom. The van der Waals surface area contributed by atoms with Gasteiger partial charge in [0.05, 0.1) is 25.1 Å². The summed E-state index contributed by atoms with van der Waals surface area (Å²) in [6.07, 6.45) is 7.57. The number of hydrogen-bond donors (Lipinski definition) is 3. The Balaban J connectivity index is 1.52. The third-order valence-electron chi connectivity index (χ3n) is 8.16. The Morgan fingerprint density at radius 3 is 2.35 bits per heavy atom. The zero-order valence-corrected chi connectivity index (χ0v) is 26.0. The Hall–Kier alpha value is -3.54. The minimum atomic E-state index is -3.65. The van der Waals surface area contributed by atoms with Crippen molar-refractivity contribution in [3.63, 3.8) is 0 Å². The first-order chi connectivity index (χ1) is 20.6. The second kappa shape index (κ2) is 14.8. The number of ketones is 1. The summed E-state index contributed by atoms with van der Waals surface area (Å²) < 4.78 is 32.1. The fourth-order valence-corrected chi connectivity index (χ4v) is 6.66. The molecular weight excluding hydrogens is 566 g/mol. The van der Waals surface area contributed by atoms with E-state index in [0.717, 1.165) is 29.6 Å². The Labute approximate surface area is 254 Å². The van der Waals surface area contributed by atoms with E-state index in [1.807, 2.05) is 49.4 Å². The molecule has 0 bridgehead atoms. The van der Waals surface area contributed by atoms with Crippen LogP contribution < -0.4 is 14.8 Å². The van der Waals surface area contributed by atoms with Crippen LogP contribution in [0, 0.1) is 0 Å². The van der Waals surface area contributed by atoms with E-state index in [2.05, 4.69) is 37.0 Å². The number of sulfonamides is 1. The van der Waals surface area contributed by atoms with E-state index < -0.39 is 27.4 Å². The lowest BCUT2D eigenvalue weighted by molar-refractivity contribution is -0.126. The number of rotatable bonds is 15. The molecule has 2 atom stereocenters. The van der Waals surface area contributed by atoms with Gasteiger partial charge in [0.2, 0.25) is 15.9 Å². The number of Topliss-reactive ketones (excluding diaryl/α,β-unsaturated/α-hetero) is 1. The molecule has 4 rings (SSSR count). The summed E-state index contributed by atoms with van der Waals surface area (Å²) in [7, 11) is -2.04. The van der Waals surface area contributed by atoms with Crippen molar-refractivity contribution < 1.29 is 22.7 Å². The SMILES string of the molecule is CCCC(=O)C1(c2ccccc2)CCN(C[C@@H](Cc2ccc(OC)cc2)NC(=O)[C@H](Cc2cnc[nH]2)NS(C)(=O)=O)CC1. The Kier molecular flexibility index (Phi) is 11.1. The van der Waals surface area contributed by atoms with E-state index >= 15 is 0 Å². The largest absolute Gasteiger partial charge is 0.497 e. The first-order valence-electron chi connectivity index (χ1n) is 14.8. The molecule has 43 heavy (non-hydrogen) atoms. The molecule has 3 N–H and O–H groups in total. The van der Waals surface area contributed by atoms with Crippen LogP contribution >= 0.6 is 0 Å². The maximum Gasteiger partial charge on any atom is 0.238 e. The van der Waals surface area contributed by atoms with Crippen LogP contribution in [0.4, 0.5) is 0 Å². The molecule has 0 saturated carbocycles. The summed E-state index contributed by atoms with van der Waals surface area (Å²) in [5.41, 5.74) is 2.23. The third-order valence-corrected chi connectivity index (χ3v) is 8.88. The average molecular weight is 610 g/mol. The van der Waals surface area contributed by atoms with E-state index in [1.165, 1.54) is 6.33 Å². The van der Waals surface area contributed by atoms with E-state index in [0.29, 0.717) is 51.0 Å². The van der Waals surface area contributed by atoms with Gasteiger partial charge in [-0.15, -0.1) is 0 Å². The minimum Gasteiger partial charge on any atom is -0.497 e. The topological polar surface area (TPSA) is 133 Å². The number of methoxy groups -OCH3 is 1. The zero-order chi connectivity index (χ0) is 30.9. The van der Waals surface area contributed by atoms with E-state index in [1.54, 1.807) is 13.3 Å². The number of carbonyl (C=O) groups is 2. The monoisotopic (exact) mass is 609 g/mol. The quantitative estimate of drug-likeness (QED) is 0.241. The summed E-state index contributed by atoms with van der Waals surface area (Å²) >= 11 is 0. The number of nitrogens with zero attached hydrogens (tertiary/aromatic N) is 2. The number of amides is 1. The van der Waals surface area contributed by atoms with Gasteiger partial charge in [0.15, 0.2) is 0 Å². The molecule has 232 valence electrons. The molecule has 1 amide bonds. The normalized spacial score (nSPS) is 16.7. The molecule has 0 unspecified atom stereocenters. The van der Waals surface area contributed by atoms with Gasteiger partial charge < -0.3 is 19.9 Å². The number of aromatic nitrogens is 2. The maximum absolute atomic E-state index is 13.6. The molecule has 2 heterocycles. The number of imidazole rings is 1. The summed E-state index contributed by atoms with van der Waals surface area (Å²) in [6, 6.07) is 16.5. The van der Waals surface area contributed by atoms with Crippen LogP contribution in [0.1, 0.15) is 49.4 Å². The number of aromatic amines is 1. The highest BCUT2D eigenvalue weighted by molar-refractivity contribution is 7.88. The molecule has 0 spiro atoms. The van der Waals surface area contributed by atoms with E-state index in [9.17, 15) is 18.0 Å². The maximum atomic E-state index is 13.6. The molecule has 1 aliphatic heterocycles. The van der Waals surface area contributed by atoms with Crippen molar-refractivity contribution in [2.24, 2.45) is 0 Å². The summed E-state index contributed by atoms with van der Waals surface area (Å²) in [5, 5.41) is 3.13. The van der Waals surface area contributed by atoms with Crippen LogP contribution in [0.5, 0.6) is 5.75 Å². The molecule has 10 nitrogen and oxygen atoms in total. The molecule has 1 aromatic heterocycles. The lowest BCUT2D eigenvalue weighted by Gasteiger charge is -2.42. The van der Waals surface area contributed by atoms with Crippen molar-refractivity contribution in [3.8, 4) is 5.75 Å². The lowest BCUT2D eigenvalue weighted by atomic mass is 9.68. The number of likely N-dealkylation sites (tertiary alicyclic amines) is 1. The van der Waals surface area contributed by atoms with Gasteiger partial charge in [0, 0.05) is 37.3 Å². The van der Waals surface area contributed by atoms with Crippen molar-refractivity contribution in [1.82, 2.24) is 24.9 Å². The number of piperidine rings is 1. The first-order valence-corrected chi connectivity index (χ1v) is 16.7. The second-order valence-corrected chi connectivity index (χ2v) is 13.2. The van der Waals surface area contributed by atoms with Gasteiger partial charge in [-0.2, -0.15) is 0 Å². The van der Waals surface area contributed by atoms with Crippen molar-refractivity contribution in [2.75, 3.05) is 33.0 Å². The van der Waals surface area contributed by atoms with Crippen LogP contribution in [0.2, 0.25) is 0 Å². The highest BCUT2D eigenvalue weighted by atomic mass is 32.2. The number of benzene rings is 2. The molecule has 0 aliphatic carbocycles. The predicted octanol–water partition coefficient (Wildman–Crippen LogP) is 3.01. The smallest absolute Gasteiger partial charge is 0.238 e. The average Bonchev–Trinajstić information content (AvgIpc) is 3.51. The van der Waals surface area contributed by atoms with Gasteiger partial charge in [-0.25, -0.2) is 18.1 Å². The van der Waals surface area contributed by atoms with Gasteiger partial charge >= 0.3 is 0 Å². The molecule has 1 aliphatic rings. The summed E-state index contributed by atoms with van der Waals surface area (Å²) in [6.45, 7) is 4.01. The highest BCUT2D eigenvalue weighted by Crippen LogP contribution is 2.38. The summed E-state index contributed by atoms with van der Waals surface area (Å²) in [4.78, 5) is 36.3. The second-order valence-electron chi connectivity index (χ2n) is 11.4. The van der Waals surface area contributed by atoms with Crippen LogP contribution in [0.25, 0.3) is 0 Å². The Morgan fingerprint density at radius 1 is 1.07 bits per heavy atom. The van der Waals surface area contributed by atoms with Crippen molar-refractivity contribution in [1.29, 1.82) is 0 Å². The molecule has 11 heteroatoms. The number of hydrogen-bond acceptors (Lipinski definition) is 7. The van der Waals surface area contributed by atoms with E-state index in [4.69, 9.17) is 4.74 Å². The van der Waals surface area contributed by atoms with Gasteiger partial charge in [-0.05, 0) is 62.0 Å². The number of nitrogens with one attached hydrogen (secondary N) is 3. The van der Waals surface area contributed by atoms with Crippen LogP contribution in [0.3, 0.4) is 0 Å². The standard InChI is InChI=1S/C32H43N5O5S/c1-4-8-30(38)32(25-9-6-5-7-10-25)15-17-37(18-16-32)22-27(19-24-11-13-28(42-2)14-12-24)35-31(39)29(36-43(3,40)41)20-26-21-33-23-34-26/h5-7,9-14,21,23,27,29,36H,4,8,15-20,22H2,1-3H3,(H,33,34)(H,35,39)/t27-,29+/m1/s1. The number of carbonyl (C=O) groups excluding carboxylic acids is 2. The predicted molar refractivity (Wildman–Crippen MR) is 166 cm³/mol. The molecular formula is C32H43N5O5S. The first kappa shape index (κ1) is 32.4. The van der Waals surface area contributed by atoms with Gasteiger partial charge in [-0.3, -0.25) is 9.59 Å². The minimum absolute atomic E-state index is 0.136. The van der Waals surface area contributed by atoms with Gasteiger partial charge in [-0.1, -0.05) is 49.4 Å². The molecule has 3 aromatic rings. The van der Waals surface area contributed by atoms with Crippen molar-refractivity contribution in [2.45, 2.75) is 62.9 Å². The molecule has 2 aromatic carbocycles.